The standard InChI is InChI=1S/C13H9N3S3/c1-17-13-15-16-7-9(14-12(16)19-13)11-6-8-4-2-3-5-10(8)18-11/h2-7H,1H3. The summed E-state index contributed by atoms with van der Waals surface area (Å²) in [4.78, 5) is 6.82. The van der Waals surface area contributed by atoms with Crippen molar-refractivity contribution in [3.8, 4) is 10.6 Å². The molecule has 0 atom stereocenters. The quantitative estimate of drug-likeness (QED) is 0.514. The minimum Gasteiger partial charge on any atom is -0.217 e. The third kappa shape index (κ3) is 1.87. The fourth-order valence-corrected chi connectivity index (χ4v) is 4.35. The normalized spacial score (nSPS) is 11.6. The molecule has 0 aliphatic carbocycles. The predicted molar refractivity (Wildman–Crippen MR) is 83.5 cm³/mol. The van der Waals surface area contributed by atoms with E-state index in [9.17, 15) is 0 Å². The van der Waals surface area contributed by atoms with Crippen LogP contribution in [-0.2, 0) is 0 Å². The van der Waals surface area contributed by atoms with Crippen LogP contribution in [0.15, 0.2) is 40.9 Å². The molecule has 3 nitrogen and oxygen atoms in total. The van der Waals surface area contributed by atoms with E-state index in [4.69, 9.17) is 0 Å². The van der Waals surface area contributed by atoms with E-state index < -0.39 is 0 Å². The fraction of sp³-hybridized carbons (Fsp3) is 0.0769. The summed E-state index contributed by atoms with van der Waals surface area (Å²) in [7, 11) is 0. The van der Waals surface area contributed by atoms with Crippen molar-refractivity contribution in [2.24, 2.45) is 0 Å². The largest absolute Gasteiger partial charge is 0.217 e. The number of aromatic nitrogens is 3. The molecule has 0 saturated carbocycles. The fourth-order valence-electron chi connectivity index (χ4n) is 1.99. The summed E-state index contributed by atoms with van der Waals surface area (Å²) in [5.41, 5.74) is 1.01. The molecule has 0 fully saturated rings. The molecule has 0 aliphatic heterocycles. The smallest absolute Gasteiger partial charge is 0.213 e. The minimum atomic E-state index is 0.955. The van der Waals surface area contributed by atoms with Gasteiger partial charge in [0.05, 0.1) is 11.1 Å². The Labute approximate surface area is 121 Å². The second-order valence-corrected chi connectivity index (χ2v) is 7.17. The Balaban J connectivity index is 1.86. The van der Waals surface area contributed by atoms with Gasteiger partial charge in [0.15, 0.2) is 4.34 Å². The van der Waals surface area contributed by atoms with Gasteiger partial charge < -0.3 is 0 Å². The van der Waals surface area contributed by atoms with Crippen molar-refractivity contribution in [3.63, 3.8) is 0 Å². The van der Waals surface area contributed by atoms with E-state index in [2.05, 4.69) is 40.4 Å². The molecule has 4 aromatic rings. The predicted octanol–water partition coefficient (Wildman–Crippen LogP) is 4.39. The Kier molecular flexibility index (Phi) is 2.61. The van der Waals surface area contributed by atoms with Crippen LogP contribution in [0.2, 0.25) is 0 Å². The molecule has 0 radical (unpaired) electrons. The highest BCUT2D eigenvalue weighted by Crippen LogP contribution is 2.34. The number of benzene rings is 1. The third-order valence-electron chi connectivity index (χ3n) is 2.88. The van der Waals surface area contributed by atoms with Gasteiger partial charge in [-0.1, -0.05) is 41.3 Å². The summed E-state index contributed by atoms with van der Waals surface area (Å²) in [5, 5.41) is 5.75. The van der Waals surface area contributed by atoms with E-state index in [1.54, 1.807) is 34.4 Å². The number of rotatable bonds is 2. The first kappa shape index (κ1) is 11.5. The molecule has 19 heavy (non-hydrogen) atoms. The first-order valence-electron chi connectivity index (χ1n) is 5.72. The number of thioether (sulfide) groups is 1. The van der Waals surface area contributed by atoms with Crippen LogP contribution >= 0.6 is 34.4 Å². The SMILES string of the molecule is CSc1nn2cc(-c3cc4ccccc4s3)nc2s1. The zero-order valence-corrected chi connectivity index (χ0v) is 12.5. The van der Waals surface area contributed by atoms with E-state index in [-0.39, 0.29) is 0 Å². The van der Waals surface area contributed by atoms with Gasteiger partial charge in [-0.2, -0.15) is 0 Å². The summed E-state index contributed by atoms with van der Waals surface area (Å²) in [6.45, 7) is 0. The summed E-state index contributed by atoms with van der Waals surface area (Å²) in [5.74, 6) is 0. The molecule has 0 aliphatic rings. The zero-order chi connectivity index (χ0) is 12.8. The maximum atomic E-state index is 4.66. The lowest BCUT2D eigenvalue weighted by atomic mass is 10.2. The van der Waals surface area contributed by atoms with Gasteiger partial charge in [-0.05, 0) is 23.8 Å². The first-order valence-corrected chi connectivity index (χ1v) is 8.58. The van der Waals surface area contributed by atoms with Crippen LogP contribution in [-0.4, -0.2) is 20.9 Å². The molecule has 0 bridgehead atoms. The molecule has 0 N–H and O–H groups in total. The van der Waals surface area contributed by atoms with Gasteiger partial charge in [-0.25, -0.2) is 9.50 Å². The van der Waals surface area contributed by atoms with E-state index in [0.717, 1.165) is 15.0 Å². The van der Waals surface area contributed by atoms with Crippen LogP contribution in [0, 0.1) is 0 Å². The van der Waals surface area contributed by atoms with Gasteiger partial charge in [0.1, 0.15) is 5.69 Å². The van der Waals surface area contributed by atoms with E-state index in [1.165, 1.54) is 15.0 Å². The molecule has 3 heterocycles. The molecule has 0 unspecified atom stereocenters. The molecular weight excluding hydrogens is 294 g/mol. The summed E-state index contributed by atoms with van der Waals surface area (Å²) < 4.78 is 4.22. The lowest BCUT2D eigenvalue weighted by Gasteiger charge is -1.86. The van der Waals surface area contributed by atoms with E-state index in [1.807, 2.05) is 17.0 Å². The zero-order valence-electron chi connectivity index (χ0n) is 10.0. The molecular formula is C13H9N3S3. The average Bonchev–Trinajstić information content (AvgIpc) is 3.09. The minimum absolute atomic E-state index is 0.955. The van der Waals surface area contributed by atoms with Gasteiger partial charge in [0.2, 0.25) is 4.96 Å². The molecule has 1 aromatic carbocycles. The van der Waals surface area contributed by atoms with E-state index in [0.29, 0.717) is 0 Å². The van der Waals surface area contributed by atoms with Gasteiger partial charge in [0, 0.05) is 4.70 Å². The molecule has 94 valence electrons. The van der Waals surface area contributed by atoms with E-state index >= 15 is 0 Å². The molecule has 0 amide bonds. The van der Waals surface area contributed by atoms with Crippen LogP contribution in [0.5, 0.6) is 0 Å². The summed E-state index contributed by atoms with van der Waals surface area (Å²) >= 11 is 5.06. The van der Waals surface area contributed by atoms with Crippen molar-refractivity contribution in [2.75, 3.05) is 6.26 Å². The molecule has 0 spiro atoms. The lowest BCUT2D eigenvalue weighted by Crippen LogP contribution is -1.78. The molecule has 6 heteroatoms. The van der Waals surface area contributed by atoms with Crippen LogP contribution < -0.4 is 0 Å². The first-order chi connectivity index (χ1) is 9.33. The Hall–Kier alpha value is -1.37. The number of hydrogen-bond donors (Lipinski definition) is 0. The van der Waals surface area contributed by atoms with Crippen molar-refractivity contribution in [3.05, 3.63) is 36.5 Å². The highest BCUT2D eigenvalue weighted by Gasteiger charge is 2.11. The highest BCUT2D eigenvalue weighted by molar-refractivity contribution is 8.00. The summed E-state index contributed by atoms with van der Waals surface area (Å²) in [6, 6.07) is 10.6. The highest BCUT2D eigenvalue weighted by atomic mass is 32.2. The van der Waals surface area contributed by atoms with Crippen molar-refractivity contribution < 1.29 is 0 Å². The van der Waals surface area contributed by atoms with Gasteiger partial charge in [0.25, 0.3) is 0 Å². The van der Waals surface area contributed by atoms with Crippen LogP contribution in [0.4, 0.5) is 0 Å². The van der Waals surface area contributed by atoms with Crippen LogP contribution in [0.3, 0.4) is 0 Å². The molecule has 4 rings (SSSR count). The Bertz CT molecular complexity index is 807. The number of nitrogens with zero attached hydrogens (tertiary/aromatic N) is 3. The number of hydrogen-bond acceptors (Lipinski definition) is 5. The Morgan fingerprint density at radius 2 is 2.11 bits per heavy atom. The number of thiophene rings is 1. The number of imidazole rings is 1. The molecule has 3 aromatic heterocycles. The van der Waals surface area contributed by atoms with Gasteiger partial charge in [-0.15, -0.1) is 16.4 Å². The molecule has 0 saturated heterocycles. The van der Waals surface area contributed by atoms with Gasteiger partial charge >= 0.3 is 0 Å². The van der Waals surface area contributed by atoms with Crippen molar-refractivity contribution in [1.82, 2.24) is 14.6 Å². The summed E-state index contributed by atoms with van der Waals surface area (Å²) in [6.07, 6.45) is 4.04. The lowest BCUT2D eigenvalue weighted by molar-refractivity contribution is 0.916. The van der Waals surface area contributed by atoms with Crippen LogP contribution in [0.1, 0.15) is 0 Å². The Morgan fingerprint density at radius 3 is 2.89 bits per heavy atom. The second kappa shape index (κ2) is 4.33. The van der Waals surface area contributed by atoms with Crippen molar-refractivity contribution in [2.45, 2.75) is 4.34 Å². The topological polar surface area (TPSA) is 30.2 Å². The monoisotopic (exact) mass is 303 g/mol. The maximum absolute atomic E-state index is 4.66. The van der Waals surface area contributed by atoms with Gasteiger partial charge in [-0.3, -0.25) is 0 Å². The third-order valence-corrected chi connectivity index (χ3v) is 5.91. The average molecular weight is 303 g/mol. The Morgan fingerprint density at radius 1 is 1.21 bits per heavy atom. The van der Waals surface area contributed by atoms with Crippen LogP contribution in [0.25, 0.3) is 25.6 Å². The number of fused-ring (bicyclic) bond motifs is 2. The van der Waals surface area contributed by atoms with Crippen molar-refractivity contribution in [1.29, 1.82) is 0 Å². The second-order valence-electron chi connectivity index (χ2n) is 4.07. The van der Waals surface area contributed by atoms with Crippen molar-refractivity contribution >= 4 is 49.5 Å². The maximum Gasteiger partial charge on any atom is 0.213 e.